The third-order valence-electron chi connectivity index (χ3n) is 4.79. The fourth-order valence-corrected chi connectivity index (χ4v) is 5.00. The van der Waals surface area contributed by atoms with Crippen LogP contribution in [-0.2, 0) is 0 Å². The first-order valence-electron chi connectivity index (χ1n) is 6.23. The molecule has 1 nitrogen and oxygen atoms in total. The molecule has 0 N–H and O–H groups in total. The second kappa shape index (κ2) is 3.53. The summed E-state index contributed by atoms with van der Waals surface area (Å²) in [7, 11) is 0. The second-order valence-electron chi connectivity index (χ2n) is 5.40. The van der Waals surface area contributed by atoms with E-state index in [2.05, 4.69) is 24.3 Å². The van der Waals surface area contributed by atoms with E-state index >= 15 is 0 Å². The first-order chi connectivity index (χ1) is 8.74. The Morgan fingerprint density at radius 3 is 2.39 bits per heavy atom. The molecular weight excluding hydrogens is 265 g/mol. The normalized spacial score (nSPS) is 42.7. The summed E-state index contributed by atoms with van der Waals surface area (Å²) in [5, 5.41) is 9.38. The summed E-state index contributed by atoms with van der Waals surface area (Å²) in [5.41, 5.74) is 3.28. The molecule has 0 spiro atoms. The van der Waals surface area contributed by atoms with Gasteiger partial charge in [0.1, 0.15) is 0 Å². The third-order valence-corrected chi connectivity index (χ3v) is 6.05. The van der Waals surface area contributed by atoms with Gasteiger partial charge in [0.25, 0.3) is 0 Å². The van der Waals surface area contributed by atoms with Gasteiger partial charge < -0.3 is 0 Å². The molecular formula is C15H11Cl2N. The lowest BCUT2D eigenvalue weighted by atomic mass is 9.50. The number of alkyl halides is 2. The highest BCUT2D eigenvalue weighted by Gasteiger charge is 2.59. The van der Waals surface area contributed by atoms with Crippen LogP contribution in [0.25, 0.3) is 0 Å². The van der Waals surface area contributed by atoms with Crippen molar-refractivity contribution in [2.75, 3.05) is 0 Å². The van der Waals surface area contributed by atoms with Gasteiger partial charge in [0.05, 0.1) is 22.4 Å². The molecule has 1 saturated carbocycles. The lowest BCUT2D eigenvalue weighted by molar-refractivity contribution is 0.129. The smallest absolute Gasteiger partial charge is 0.0994 e. The molecule has 0 saturated heterocycles. The van der Waals surface area contributed by atoms with Gasteiger partial charge in [0.2, 0.25) is 0 Å². The van der Waals surface area contributed by atoms with Gasteiger partial charge in [-0.2, -0.15) is 5.26 Å². The van der Waals surface area contributed by atoms with Crippen molar-refractivity contribution in [3.8, 4) is 6.07 Å². The fraction of sp³-hybridized carbons (Fsp3) is 0.400. The largest absolute Gasteiger partial charge is 0.192 e. The minimum absolute atomic E-state index is 0.0361. The molecule has 4 aliphatic carbocycles. The van der Waals surface area contributed by atoms with Crippen LogP contribution in [0.15, 0.2) is 30.4 Å². The van der Waals surface area contributed by atoms with Crippen LogP contribution in [-0.4, -0.2) is 10.8 Å². The lowest BCUT2D eigenvalue weighted by Crippen LogP contribution is -2.57. The molecule has 0 amide bonds. The van der Waals surface area contributed by atoms with Crippen molar-refractivity contribution in [3.05, 3.63) is 47.0 Å². The zero-order chi connectivity index (χ0) is 12.4. The van der Waals surface area contributed by atoms with Crippen LogP contribution in [0.2, 0.25) is 0 Å². The minimum Gasteiger partial charge on any atom is -0.192 e. The van der Waals surface area contributed by atoms with Crippen LogP contribution >= 0.6 is 23.2 Å². The van der Waals surface area contributed by atoms with Gasteiger partial charge in [-0.15, -0.1) is 23.2 Å². The van der Waals surface area contributed by atoms with Crippen LogP contribution in [0.4, 0.5) is 0 Å². The van der Waals surface area contributed by atoms with Crippen molar-refractivity contribution in [1.29, 1.82) is 5.26 Å². The van der Waals surface area contributed by atoms with Gasteiger partial charge in [-0.25, -0.2) is 0 Å². The Bertz CT molecular complexity index is 601. The van der Waals surface area contributed by atoms with E-state index in [0.29, 0.717) is 17.8 Å². The maximum atomic E-state index is 9.28. The average Bonchev–Trinajstić information content (AvgIpc) is 2.45. The van der Waals surface area contributed by atoms with E-state index in [9.17, 15) is 5.26 Å². The van der Waals surface area contributed by atoms with E-state index in [0.717, 1.165) is 5.56 Å². The zero-order valence-electron chi connectivity index (χ0n) is 9.55. The van der Waals surface area contributed by atoms with Crippen molar-refractivity contribution in [1.82, 2.24) is 0 Å². The Morgan fingerprint density at radius 2 is 1.67 bits per heavy atom. The van der Waals surface area contributed by atoms with Crippen LogP contribution in [0.5, 0.6) is 0 Å². The van der Waals surface area contributed by atoms with E-state index in [4.69, 9.17) is 23.2 Å². The standard InChI is InChI=1S/C15H11Cl2N/c16-14-12-9-4-5-10(13(12)15(14)17)11-7(6-18)2-1-3-8(9)11/h1-5,9-10,12-15H/t9-,10-,12+,13+,14-,15+/m0/s1. The van der Waals surface area contributed by atoms with Gasteiger partial charge >= 0.3 is 0 Å². The molecule has 0 aromatic heterocycles. The highest BCUT2D eigenvalue weighted by Crippen LogP contribution is 2.63. The summed E-state index contributed by atoms with van der Waals surface area (Å²) in [6.07, 6.45) is 4.49. The molecule has 90 valence electrons. The summed E-state index contributed by atoms with van der Waals surface area (Å²) in [6.45, 7) is 0. The SMILES string of the molecule is N#Cc1cccc2c1[C@@H]1C=C[C@@H]2[C@H]2[C@H](Cl)[C@H](Cl)[C@@H]21. The zero-order valence-corrected chi connectivity index (χ0v) is 11.1. The predicted octanol–water partition coefficient (Wildman–Crippen LogP) is 3.77. The first kappa shape index (κ1) is 10.9. The third kappa shape index (κ3) is 1.09. The Labute approximate surface area is 116 Å². The van der Waals surface area contributed by atoms with Crippen LogP contribution < -0.4 is 0 Å². The van der Waals surface area contributed by atoms with Crippen molar-refractivity contribution in [3.63, 3.8) is 0 Å². The quantitative estimate of drug-likeness (QED) is 0.522. The number of nitriles is 1. The van der Waals surface area contributed by atoms with Gasteiger partial charge in [0.15, 0.2) is 0 Å². The Kier molecular flexibility index (Phi) is 2.14. The Hall–Kier alpha value is -0.970. The molecule has 0 unspecified atom stereocenters. The number of nitrogens with zero attached hydrogens (tertiary/aromatic N) is 1. The van der Waals surface area contributed by atoms with E-state index in [-0.39, 0.29) is 16.7 Å². The van der Waals surface area contributed by atoms with Gasteiger partial charge in [-0.05, 0) is 29.0 Å². The van der Waals surface area contributed by atoms with Crippen LogP contribution in [0.3, 0.4) is 0 Å². The molecule has 4 aliphatic rings. The summed E-state index contributed by atoms with van der Waals surface area (Å²) >= 11 is 12.8. The molecule has 1 aromatic carbocycles. The number of benzene rings is 1. The molecule has 0 radical (unpaired) electrons. The number of rotatable bonds is 0. The summed E-state index contributed by atoms with van der Waals surface area (Å²) in [5.74, 6) is 1.49. The van der Waals surface area contributed by atoms with E-state index in [1.807, 2.05) is 12.1 Å². The highest BCUT2D eigenvalue weighted by atomic mass is 35.5. The molecule has 5 rings (SSSR count). The molecule has 0 heterocycles. The summed E-state index contributed by atoms with van der Waals surface area (Å²) in [4.78, 5) is 0. The predicted molar refractivity (Wildman–Crippen MR) is 72.0 cm³/mol. The first-order valence-corrected chi connectivity index (χ1v) is 7.10. The summed E-state index contributed by atoms with van der Waals surface area (Å²) in [6, 6.07) is 8.33. The maximum absolute atomic E-state index is 9.28. The monoisotopic (exact) mass is 275 g/mol. The number of hydrogen-bond acceptors (Lipinski definition) is 1. The van der Waals surface area contributed by atoms with Gasteiger partial charge in [-0.3, -0.25) is 0 Å². The second-order valence-corrected chi connectivity index (χ2v) is 6.41. The molecule has 2 bridgehead atoms. The highest BCUT2D eigenvalue weighted by molar-refractivity contribution is 6.31. The van der Waals surface area contributed by atoms with Crippen LogP contribution in [0, 0.1) is 23.2 Å². The summed E-state index contributed by atoms with van der Waals surface area (Å²) < 4.78 is 0. The van der Waals surface area contributed by atoms with Crippen molar-refractivity contribution >= 4 is 23.2 Å². The van der Waals surface area contributed by atoms with Crippen molar-refractivity contribution in [2.24, 2.45) is 11.8 Å². The van der Waals surface area contributed by atoms with Gasteiger partial charge in [0, 0.05) is 11.8 Å². The minimum atomic E-state index is 0.0361. The van der Waals surface area contributed by atoms with E-state index < -0.39 is 0 Å². The molecule has 0 aliphatic heterocycles. The van der Waals surface area contributed by atoms with E-state index in [1.54, 1.807) is 0 Å². The lowest BCUT2D eigenvalue weighted by Gasteiger charge is -2.58. The number of halogens is 2. The maximum Gasteiger partial charge on any atom is 0.0994 e. The molecule has 3 heteroatoms. The van der Waals surface area contributed by atoms with Crippen LogP contribution in [0.1, 0.15) is 28.5 Å². The Balaban J connectivity index is 1.94. The average molecular weight is 276 g/mol. The molecule has 1 fully saturated rings. The van der Waals surface area contributed by atoms with E-state index in [1.165, 1.54) is 11.1 Å². The topological polar surface area (TPSA) is 23.8 Å². The number of hydrogen-bond donors (Lipinski definition) is 0. The molecule has 6 atom stereocenters. The van der Waals surface area contributed by atoms with Crippen molar-refractivity contribution < 1.29 is 0 Å². The fourth-order valence-electron chi connectivity index (χ4n) is 4.02. The van der Waals surface area contributed by atoms with Gasteiger partial charge in [-0.1, -0.05) is 24.3 Å². The Morgan fingerprint density at radius 1 is 1.00 bits per heavy atom. The number of allylic oxidation sites excluding steroid dienone is 2. The molecule has 18 heavy (non-hydrogen) atoms. The molecule has 1 aromatic rings. The van der Waals surface area contributed by atoms with Crippen molar-refractivity contribution in [2.45, 2.75) is 22.6 Å².